The van der Waals surface area contributed by atoms with E-state index in [2.05, 4.69) is 17.1 Å². The molecule has 4 aromatic rings. The Kier molecular flexibility index (Phi) is 7.54. The summed E-state index contributed by atoms with van der Waals surface area (Å²) in [7, 11) is 1.60. The number of amides is 2. The Morgan fingerprint density at radius 2 is 1.70 bits per heavy atom. The molecule has 2 amide bonds. The van der Waals surface area contributed by atoms with Gasteiger partial charge in [0.25, 0.3) is 11.8 Å². The van der Waals surface area contributed by atoms with Crippen LogP contribution in [0.5, 0.6) is 11.5 Å². The molecule has 9 heteroatoms. The van der Waals surface area contributed by atoms with E-state index in [0.717, 1.165) is 24.0 Å². The summed E-state index contributed by atoms with van der Waals surface area (Å²) in [5.41, 5.74) is 5.13. The standard InChI is InChI=1S/C34H31N3O6/c1-21(8-9-22-6-4-3-5-7-22)43-31-15-26(12-13-30(31)42-2)37-20-24-11-10-23(14-27(24)33(37)39)18-36-19-25-17-35-29(34(40)41)16-28(25)32(36)38/h3-7,10-17,21H,8-9,18-20H2,1-2H3,(H,40,41). The minimum atomic E-state index is -1.18. The molecule has 0 aliphatic carbocycles. The number of aromatic carboxylic acids is 1. The van der Waals surface area contributed by atoms with Gasteiger partial charge in [0.1, 0.15) is 5.69 Å². The predicted octanol–water partition coefficient (Wildman–Crippen LogP) is 5.50. The van der Waals surface area contributed by atoms with Gasteiger partial charge in [0.2, 0.25) is 0 Å². The number of nitrogens with zero attached hydrogens (tertiary/aromatic N) is 3. The zero-order chi connectivity index (χ0) is 30.1. The molecule has 1 atom stereocenters. The van der Waals surface area contributed by atoms with Crippen molar-refractivity contribution in [3.63, 3.8) is 0 Å². The molecule has 6 rings (SSSR count). The molecule has 2 aliphatic heterocycles. The zero-order valence-electron chi connectivity index (χ0n) is 23.9. The Labute approximate surface area is 249 Å². The van der Waals surface area contributed by atoms with E-state index in [4.69, 9.17) is 9.47 Å². The maximum atomic E-state index is 13.6. The molecule has 2 aliphatic rings. The Bertz CT molecular complexity index is 1720. The van der Waals surface area contributed by atoms with E-state index in [1.54, 1.807) is 16.9 Å². The summed E-state index contributed by atoms with van der Waals surface area (Å²) in [5.74, 6) is -0.376. The first kappa shape index (κ1) is 28.0. The van der Waals surface area contributed by atoms with E-state index in [-0.39, 0.29) is 30.2 Å². The van der Waals surface area contributed by atoms with Gasteiger partial charge in [-0.2, -0.15) is 0 Å². The molecule has 1 N–H and O–H groups in total. The first-order valence-electron chi connectivity index (χ1n) is 14.1. The zero-order valence-corrected chi connectivity index (χ0v) is 23.9. The lowest BCUT2D eigenvalue weighted by Crippen LogP contribution is -2.24. The molecular weight excluding hydrogens is 546 g/mol. The van der Waals surface area contributed by atoms with Crippen molar-refractivity contribution in [2.24, 2.45) is 0 Å². The smallest absolute Gasteiger partial charge is 0.354 e. The number of methoxy groups -OCH3 is 1. The average molecular weight is 578 g/mol. The maximum Gasteiger partial charge on any atom is 0.354 e. The SMILES string of the molecule is COc1ccc(N2Cc3ccc(CN4Cc5cnc(C(=O)O)cc5C4=O)cc3C2=O)cc1OC(C)CCc1ccccc1. The largest absolute Gasteiger partial charge is 0.493 e. The molecular formula is C34H31N3O6. The number of carbonyl (C=O) groups is 3. The number of benzene rings is 3. The fourth-order valence-corrected chi connectivity index (χ4v) is 5.59. The summed E-state index contributed by atoms with van der Waals surface area (Å²) >= 11 is 0. The third-order valence-electron chi connectivity index (χ3n) is 7.91. The first-order valence-corrected chi connectivity index (χ1v) is 14.1. The molecule has 1 unspecified atom stereocenters. The third kappa shape index (κ3) is 5.66. The predicted molar refractivity (Wildman–Crippen MR) is 160 cm³/mol. The molecule has 0 saturated carbocycles. The van der Waals surface area contributed by atoms with Crippen molar-refractivity contribution in [1.82, 2.24) is 9.88 Å². The van der Waals surface area contributed by atoms with E-state index in [1.165, 1.54) is 17.8 Å². The van der Waals surface area contributed by atoms with Crippen molar-refractivity contribution < 1.29 is 29.0 Å². The molecule has 43 heavy (non-hydrogen) atoms. The number of aryl methyl sites for hydroxylation is 1. The molecule has 0 fully saturated rings. The van der Waals surface area contributed by atoms with Crippen LogP contribution in [0.4, 0.5) is 5.69 Å². The number of aromatic nitrogens is 1. The van der Waals surface area contributed by atoms with Gasteiger partial charge in [0.15, 0.2) is 11.5 Å². The maximum absolute atomic E-state index is 13.6. The molecule has 3 heterocycles. The normalized spacial score (nSPS) is 14.5. The quantitative estimate of drug-likeness (QED) is 0.265. The highest BCUT2D eigenvalue weighted by Crippen LogP contribution is 2.37. The number of hydrogen-bond donors (Lipinski definition) is 1. The van der Waals surface area contributed by atoms with Crippen LogP contribution in [0.2, 0.25) is 0 Å². The lowest BCUT2D eigenvalue weighted by atomic mass is 10.1. The van der Waals surface area contributed by atoms with Crippen molar-refractivity contribution in [2.45, 2.75) is 45.5 Å². The lowest BCUT2D eigenvalue weighted by Gasteiger charge is -2.21. The monoisotopic (exact) mass is 577 g/mol. The summed E-state index contributed by atoms with van der Waals surface area (Å²) < 4.78 is 11.8. The van der Waals surface area contributed by atoms with Gasteiger partial charge in [-0.25, -0.2) is 9.78 Å². The van der Waals surface area contributed by atoms with Crippen LogP contribution in [0.25, 0.3) is 0 Å². The second kappa shape index (κ2) is 11.6. The van der Waals surface area contributed by atoms with Crippen molar-refractivity contribution in [2.75, 3.05) is 12.0 Å². The van der Waals surface area contributed by atoms with E-state index in [9.17, 15) is 19.5 Å². The Morgan fingerprint density at radius 3 is 2.47 bits per heavy atom. The van der Waals surface area contributed by atoms with Crippen molar-refractivity contribution in [3.05, 3.63) is 118 Å². The minimum absolute atomic E-state index is 0.0654. The minimum Gasteiger partial charge on any atom is -0.493 e. The summed E-state index contributed by atoms with van der Waals surface area (Å²) in [6.07, 6.45) is 3.10. The number of pyridine rings is 1. The molecule has 1 aromatic heterocycles. The molecule has 218 valence electrons. The number of carboxylic acids is 1. The van der Waals surface area contributed by atoms with Crippen LogP contribution in [0.15, 0.2) is 79.0 Å². The van der Waals surface area contributed by atoms with Crippen LogP contribution in [-0.2, 0) is 26.1 Å². The summed E-state index contributed by atoms with van der Waals surface area (Å²) in [6.45, 7) is 3.06. The van der Waals surface area contributed by atoms with Crippen LogP contribution < -0.4 is 14.4 Å². The Balaban J connectivity index is 1.15. The molecule has 0 saturated heterocycles. The van der Waals surface area contributed by atoms with Gasteiger partial charge < -0.3 is 24.4 Å². The molecule has 0 bridgehead atoms. The van der Waals surface area contributed by atoms with Gasteiger partial charge in [0, 0.05) is 47.7 Å². The van der Waals surface area contributed by atoms with E-state index >= 15 is 0 Å². The highest BCUT2D eigenvalue weighted by Gasteiger charge is 2.32. The summed E-state index contributed by atoms with van der Waals surface area (Å²) in [5, 5.41) is 9.23. The Morgan fingerprint density at radius 1 is 0.907 bits per heavy atom. The number of fused-ring (bicyclic) bond motifs is 2. The highest BCUT2D eigenvalue weighted by molar-refractivity contribution is 6.10. The van der Waals surface area contributed by atoms with Gasteiger partial charge in [-0.15, -0.1) is 0 Å². The first-order chi connectivity index (χ1) is 20.8. The summed E-state index contributed by atoms with van der Waals surface area (Å²) in [6, 6.07) is 22.8. The number of ether oxygens (including phenoxy) is 2. The van der Waals surface area contributed by atoms with Crippen LogP contribution in [0, 0.1) is 0 Å². The average Bonchev–Trinajstić information content (AvgIpc) is 3.51. The van der Waals surface area contributed by atoms with Crippen LogP contribution in [-0.4, -0.2) is 46.0 Å². The van der Waals surface area contributed by atoms with E-state index in [0.29, 0.717) is 47.0 Å². The highest BCUT2D eigenvalue weighted by atomic mass is 16.5. The van der Waals surface area contributed by atoms with Gasteiger partial charge in [-0.3, -0.25) is 9.59 Å². The molecule has 0 radical (unpaired) electrons. The van der Waals surface area contributed by atoms with Crippen molar-refractivity contribution in [3.8, 4) is 11.5 Å². The number of carbonyl (C=O) groups excluding carboxylic acids is 2. The third-order valence-corrected chi connectivity index (χ3v) is 7.91. The number of carboxylic acid groups (broad SMARTS) is 1. The topological polar surface area (TPSA) is 109 Å². The molecule has 0 spiro atoms. The molecule has 9 nitrogen and oxygen atoms in total. The van der Waals surface area contributed by atoms with Crippen molar-refractivity contribution >= 4 is 23.5 Å². The van der Waals surface area contributed by atoms with Crippen LogP contribution in [0.3, 0.4) is 0 Å². The Hall–Kier alpha value is -5.18. The van der Waals surface area contributed by atoms with Gasteiger partial charge in [0.05, 0.1) is 19.8 Å². The van der Waals surface area contributed by atoms with Gasteiger partial charge in [-0.1, -0.05) is 42.5 Å². The van der Waals surface area contributed by atoms with Crippen LogP contribution in [0.1, 0.15) is 66.8 Å². The summed E-state index contributed by atoms with van der Waals surface area (Å²) in [4.78, 5) is 45.1. The van der Waals surface area contributed by atoms with Crippen molar-refractivity contribution in [1.29, 1.82) is 0 Å². The number of anilines is 1. The fraction of sp³-hybridized carbons (Fsp3) is 0.235. The second-order valence-corrected chi connectivity index (χ2v) is 10.9. The lowest BCUT2D eigenvalue weighted by molar-refractivity contribution is 0.0690. The number of hydrogen-bond acceptors (Lipinski definition) is 6. The second-order valence-electron chi connectivity index (χ2n) is 10.9. The molecule has 3 aromatic carbocycles. The van der Waals surface area contributed by atoms with Gasteiger partial charge >= 0.3 is 5.97 Å². The van der Waals surface area contributed by atoms with Crippen LogP contribution >= 0.6 is 0 Å². The van der Waals surface area contributed by atoms with Gasteiger partial charge in [-0.05, 0) is 60.7 Å². The van der Waals surface area contributed by atoms with E-state index in [1.807, 2.05) is 61.5 Å². The number of rotatable bonds is 10. The fourth-order valence-electron chi connectivity index (χ4n) is 5.59. The van der Waals surface area contributed by atoms with E-state index < -0.39 is 5.97 Å².